The van der Waals surface area contributed by atoms with E-state index in [2.05, 4.69) is 55.1 Å². The van der Waals surface area contributed by atoms with Crippen molar-refractivity contribution in [2.24, 2.45) is 0 Å². The SMILES string of the molecule is Cc1cccc(C2OCC3(CO)CO[C@@H](c4cccc(C)c4)N23)c1. The first kappa shape index (κ1) is 15.8. The van der Waals surface area contributed by atoms with Crippen molar-refractivity contribution >= 4 is 0 Å². The Bertz CT molecular complexity index is 688. The number of fused-ring (bicyclic) bond motifs is 1. The maximum absolute atomic E-state index is 10.1. The minimum atomic E-state index is -0.469. The van der Waals surface area contributed by atoms with Crippen LogP contribution in [0.5, 0.6) is 0 Å². The van der Waals surface area contributed by atoms with E-state index in [-0.39, 0.29) is 19.1 Å². The largest absolute Gasteiger partial charge is 0.394 e. The second-order valence-electron chi connectivity index (χ2n) is 6.94. The topological polar surface area (TPSA) is 41.9 Å². The van der Waals surface area contributed by atoms with Gasteiger partial charge in [0.2, 0.25) is 0 Å². The zero-order valence-electron chi connectivity index (χ0n) is 14.1. The Hall–Kier alpha value is -1.72. The zero-order valence-corrected chi connectivity index (χ0v) is 14.1. The van der Waals surface area contributed by atoms with Crippen LogP contribution in [0.15, 0.2) is 48.5 Å². The molecule has 2 aromatic carbocycles. The van der Waals surface area contributed by atoms with Crippen LogP contribution in [-0.4, -0.2) is 35.4 Å². The maximum Gasteiger partial charge on any atom is 0.139 e. The Morgan fingerprint density at radius 3 is 1.88 bits per heavy atom. The smallest absolute Gasteiger partial charge is 0.139 e. The minimum absolute atomic E-state index is 0.0254. The van der Waals surface area contributed by atoms with Gasteiger partial charge in [-0.1, -0.05) is 59.7 Å². The van der Waals surface area contributed by atoms with E-state index in [4.69, 9.17) is 9.47 Å². The lowest BCUT2D eigenvalue weighted by atomic mass is 10.0. The zero-order chi connectivity index (χ0) is 16.7. The Morgan fingerprint density at radius 2 is 1.46 bits per heavy atom. The Kier molecular flexibility index (Phi) is 3.93. The summed E-state index contributed by atoms with van der Waals surface area (Å²) in [6, 6.07) is 16.7. The molecule has 1 N–H and O–H groups in total. The fourth-order valence-electron chi connectivity index (χ4n) is 3.77. The summed E-state index contributed by atoms with van der Waals surface area (Å²) in [4.78, 5) is 2.20. The molecule has 0 radical (unpaired) electrons. The summed E-state index contributed by atoms with van der Waals surface area (Å²) >= 11 is 0. The third kappa shape index (κ3) is 2.47. The molecule has 4 rings (SSSR count). The number of aliphatic hydroxyl groups excluding tert-OH is 1. The molecule has 2 heterocycles. The number of rotatable bonds is 3. The van der Waals surface area contributed by atoms with E-state index in [0.717, 1.165) is 11.1 Å². The van der Waals surface area contributed by atoms with Crippen LogP contribution in [0, 0.1) is 13.8 Å². The second kappa shape index (κ2) is 5.97. The molecule has 4 nitrogen and oxygen atoms in total. The maximum atomic E-state index is 10.1. The number of benzene rings is 2. The van der Waals surface area contributed by atoms with Crippen LogP contribution < -0.4 is 0 Å². The number of nitrogens with zero attached hydrogens (tertiary/aromatic N) is 1. The van der Waals surface area contributed by atoms with Crippen molar-refractivity contribution in [3.8, 4) is 0 Å². The van der Waals surface area contributed by atoms with Gasteiger partial charge in [0.15, 0.2) is 0 Å². The van der Waals surface area contributed by atoms with E-state index in [0.29, 0.717) is 13.2 Å². The predicted octanol–water partition coefficient (Wildman–Crippen LogP) is 3.09. The highest BCUT2D eigenvalue weighted by Crippen LogP contribution is 2.48. The van der Waals surface area contributed by atoms with Crippen LogP contribution in [0.4, 0.5) is 0 Å². The average molecular weight is 325 g/mol. The average Bonchev–Trinajstić information content (AvgIpc) is 3.12. The lowest BCUT2D eigenvalue weighted by molar-refractivity contribution is -0.0630. The molecule has 3 atom stereocenters. The van der Waals surface area contributed by atoms with Crippen LogP contribution >= 0.6 is 0 Å². The van der Waals surface area contributed by atoms with Crippen LogP contribution in [0.2, 0.25) is 0 Å². The summed E-state index contributed by atoms with van der Waals surface area (Å²) in [6.45, 7) is 5.14. The highest BCUT2D eigenvalue weighted by Gasteiger charge is 2.56. The molecule has 0 amide bonds. The Balaban J connectivity index is 1.75. The fraction of sp³-hybridized carbons (Fsp3) is 0.400. The van der Waals surface area contributed by atoms with Gasteiger partial charge in [-0.2, -0.15) is 0 Å². The molecule has 0 aromatic heterocycles. The van der Waals surface area contributed by atoms with Crippen molar-refractivity contribution < 1.29 is 14.6 Å². The molecule has 2 fully saturated rings. The number of aryl methyl sites for hydroxylation is 2. The van der Waals surface area contributed by atoms with Gasteiger partial charge < -0.3 is 14.6 Å². The van der Waals surface area contributed by atoms with Crippen molar-refractivity contribution in [1.82, 2.24) is 4.90 Å². The number of hydrogen-bond donors (Lipinski definition) is 1. The molecule has 0 saturated carbocycles. The quantitative estimate of drug-likeness (QED) is 0.942. The lowest BCUT2D eigenvalue weighted by Gasteiger charge is -2.33. The molecule has 0 spiro atoms. The highest BCUT2D eigenvalue weighted by atomic mass is 16.6. The van der Waals surface area contributed by atoms with Crippen molar-refractivity contribution in [2.75, 3.05) is 19.8 Å². The van der Waals surface area contributed by atoms with Crippen molar-refractivity contribution in [3.63, 3.8) is 0 Å². The fourth-order valence-corrected chi connectivity index (χ4v) is 3.77. The van der Waals surface area contributed by atoms with Crippen molar-refractivity contribution in [1.29, 1.82) is 0 Å². The van der Waals surface area contributed by atoms with Gasteiger partial charge in [0.1, 0.15) is 12.5 Å². The molecular weight excluding hydrogens is 302 g/mol. The monoisotopic (exact) mass is 325 g/mol. The van der Waals surface area contributed by atoms with Gasteiger partial charge in [0.25, 0.3) is 0 Å². The molecule has 2 aliphatic heterocycles. The van der Waals surface area contributed by atoms with E-state index in [9.17, 15) is 5.11 Å². The Labute approximate surface area is 142 Å². The summed E-state index contributed by atoms with van der Waals surface area (Å²) in [5.74, 6) is 0. The number of hydrogen-bond acceptors (Lipinski definition) is 4. The third-order valence-corrected chi connectivity index (χ3v) is 5.02. The normalized spacial score (nSPS) is 29.8. The molecule has 126 valence electrons. The summed E-state index contributed by atoms with van der Waals surface area (Å²) < 4.78 is 12.2. The van der Waals surface area contributed by atoms with Crippen LogP contribution in [-0.2, 0) is 9.47 Å². The number of ether oxygens (including phenoxy) is 2. The first-order chi connectivity index (χ1) is 11.6. The van der Waals surface area contributed by atoms with Gasteiger partial charge in [-0.05, 0) is 25.0 Å². The van der Waals surface area contributed by atoms with Gasteiger partial charge in [0, 0.05) is 0 Å². The number of aliphatic hydroxyl groups is 1. The van der Waals surface area contributed by atoms with E-state index in [1.807, 2.05) is 12.1 Å². The molecule has 24 heavy (non-hydrogen) atoms. The Morgan fingerprint density at radius 1 is 0.958 bits per heavy atom. The van der Waals surface area contributed by atoms with E-state index >= 15 is 0 Å². The molecule has 0 aliphatic carbocycles. The van der Waals surface area contributed by atoms with Gasteiger partial charge in [-0.3, -0.25) is 0 Å². The summed E-state index contributed by atoms with van der Waals surface area (Å²) in [6.07, 6.45) is -0.407. The second-order valence-corrected chi connectivity index (χ2v) is 6.94. The summed E-state index contributed by atoms with van der Waals surface area (Å²) in [5, 5.41) is 10.1. The van der Waals surface area contributed by atoms with E-state index < -0.39 is 5.54 Å². The van der Waals surface area contributed by atoms with E-state index in [1.165, 1.54) is 11.1 Å². The molecule has 4 heteroatoms. The van der Waals surface area contributed by atoms with Crippen LogP contribution in [0.25, 0.3) is 0 Å². The molecule has 2 aliphatic rings. The molecule has 2 saturated heterocycles. The van der Waals surface area contributed by atoms with Crippen molar-refractivity contribution in [3.05, 3.63) is 70.8 Å². The predicted molar refractivity (Wildman–Crippen MR) is 91.4 cm³/mol. The standard InChI is InChI=1S/C20H23NO3/c1-14-5-3-7-16(9-14)18-21-19(17-8-4-6-15(2)10-17)24-13-20(21,11-22)12-23-18/h3-10,18-19,22H,11-13H2,1-2H3/t18-,19?,20?/m0/s1. The van der Waals surface area contributed by atoms with Gasteiger partial charge in [-0.25, -0.2) is 4.90 Å². The summed E-state index contributed by atoms with van der Waals surface area (Å²) in [7, 11) is 0. The molecular formula is C20H23NO3. The first-order valence-electron chi connectivity index (χ1n) is 8.39. The van der Waals surface area contributed by atoms with E-state index in [1.54, 1.807) is 0 Å². The molecule has 2 aromatic rings. The van der Waals surface area contributed by atoms with Crippen LogP contribution in [0.1, 0.15) is 34.7 Å². The van der Waals surface area contributed by atoms with Gasteiger partial charge in [0.05, 0.1) is 25.4 Å². The lowest BCUT2D eigenvalue weighted by Crippen LogP contribution is -2.47. The van der Waals surface area contributed by atoms with Crippen molar-refractivity contribution in [2.45, 2.75) is 31.8 Å². The molecule has 2 unspecified atom stereocenters. The van der Waals surface area contributed by atoms with Crippen LogP contribution in [0.3, 0.4) is 0 Å². The third-order valence-electron chi connectivity index (χ3n) is 5.02. The van der Waals surface area contributed by atoms with Gasteiger partial charge >= 0.3 is 0 Å². The van der Waals surface area contributed by atoms with Gasteiger partial charge in [-0.15, -0.1) is 0 Å². The minimum Gasteiger partial charge on any atom is -0.394 e. The highest BCUT2D eigenvalue weighted by molar-refractivity contribution is 5.29. The summed E-state index contributed by atoms with van der Waals surface area (Å²) in [5.41, 5.74) is 4.14. The first-order valence-corrected chi connectivity index (χ1v) is 8.39. The molecule has 0 bridgehead atoms.